The second kappa shape index (κ2) is 11.9. The Kier molecular flexibility index (Phi) is 8.39. The van der Waals surface area contributed by atoms with Gasteiger partial charge in [-0.2, -0.15) is 18.2 Å². The van der Waals surface area contributed by atoms with Crippen LogP contribution in [-0.2, 0) is 6.18 Å². The van der Waals surface area contributed by atoms with E-state index < -0.39 is 23.5 Å². The Balaban J connectivity index is 1.77. The molecule has 2 aliphatic heterocycles. The number of nitrogens with zero attached hydrogens (tertiary/aromatic N) is 2. The van der Waals surface area contributed by atoms with Crippen molar-refractivity contribution in [2.24, 2.45) is 0 Å². The summed E-state index contributed by atoms with van der Waals surface area (Å²) in [5, 5.41) is 8.08. The lowest BCUT2D eigenvalue weighted by Gasteiger charge is -2.18. The van der Waals surface area contributed by atoms with Gasteiger partial charge in [-0.3, -0.25) is 4.79 Å². The van der Waals surface area contributed by atoms with Crippen molar-refractivity contribution in [2.45, 2.75) is 31.9 Å². The maximum atomic E-state index is 13.9. The highest BCUT2D eigenvalue weighted by atomic mass is 19.4. The lowest BCUT2D eigenvalue weighted by molar-refractivity contribution is -0.137. The van der Waals surface area contributed by atoms with Crippen LogP contribution in [0.1, 0.15) is 41.6 Å². The van der Waals surface area contributed by atoms with E-state index in [2.05, 4.69) is 25.9 Å². The summed E-state index contributed by atoms with van der Waals surface area (Å²) in [7, 11) is 2.93. The lowest BCUT2D eigenvalue weighted by atomic mass is 10.1. The average Bonchev–Trinajstić information content (AvgIpc) is 2.89. The SMILES string of the molecule is CNC(=O)c1ccc2cc1Nc1nc(ncc1C(F)(F)F)Nc1ccc(c(OC)c1)OCCCCCCO2. The van der Waals surface area contributed by atoms with E-state index in [-0.39, 0.29) is 17.2 Å². The van der Waals surface area contributed by atoms with Gasteiger partial charge in [-0.25, -0.2) is 4.98 Å². The molecule has 5 rings (SSSR count). The smallest absolute Gasteiger partial charge is 0.421 e. The summed E-state index contributed by atoms with van der Waals surface area (Å²) in [5.41, 5.74) is -0.380. The summed E-state index contributed by atoms with van der Waals surface area (Å²) in [4.78, 5) is 20.4. The van der Waals surface area contributed by atoms with Crippen LogP contribution in [0.15, 0.2) is 42.6 Å². The number of halogens is 3. The van der Waals surface area contributed by atoms with E-state index in [0.717, 1.165) is 25.7 Å². The van der Waals surface area contributed by atoms with E-state index >= 15 is 0 Å². The molecule has 202 valence electrons. The van der Waals surface area contributed by atoms with Crippen LogP contribution in [0, 0.1) is 0 Å². The predicted molar refractivity (Wildman–Crippen MR) is 136 cm³/mol. The largest absolute Gasteiger partial charge is 0.494 e. The first kappa shape index (κ1) is 26.8. The second-order valence-electron chi connectivity index (χ2n) is 8.47. The molecule has 3 N–H and O–H groups in total. The fraction of sp³-hybridized carbons (Fsp3) is 0.346. The van der Waals surface area contributed by atoms with E-state index in [4.69, 9.17) is 14.2 Å². The third-order valence-electron chi connectivity index (χ3n) is 5.79. The Hall–Kier alpha value is -4.22. The molecule has 6 bridgehead atoms. The highest BCUT2D eigenvalue weighted by Gasteiger charge is 2.35. The van der Waals surface area contributed by atoms with Gasteiger partial charge in [0.2, 0.25) is 5.95 Å². The van der Waals surface area contributed by atoms with E-state index in [1.807, 2.05) is 0 Å². The second-order valence-corrected chi connectivity index (χ2v) is 8.47. The van der Waals surface area contributed by atoms with Crippen molar-refractivity contribution in [3.63, 3.8) is 0 Å². The van der Waals surface area contributed by atoms with Crippen molar-refractivity contribution in [1.29, 1.82) is 0 Å². The molecule has 0 spiro atoms. The van der Waals surface area contributed by atoms with Crippen LogP contribution in [0.3, 0.4) is 0 Å². The number of anilines is 4. The number of alkyl halides is 3. The van der Waals surface area contributed by atoms with Gasteiger partial charge in [-0.15, -0.1) is 0 Å². The van der Waals surface area contributed by atoms with Gasteiger partial charge in [0.15, 0.2) is 11.5 Å². The first-order chi connectivity index (χ1) is 18.3. The Morgan fingerprint density at radius 1 is 1.03 bits per heavy atom. The molecular weight excluding hydrogens is 503 g/mol. The number of rotatable bonds is 2. The minimum absolute atomic E-state index is 0.0977. The van der Waals surface area contributed by atoms with Crippen molar-refractivity contribution < 1.29 is 32.2 Å². The van der Waals surface area contributed by atoms with Gasteiger partial charge in [0.25, 0.3) is 5.91 Å². The number of hydrogen-bond donors (Lipinski definition) is 3. The van der Waals surface area contributed by atoms with Crippen molar-refractivity contribution in [1.82, 2.24) is 15.3 Å². The zero-order valence-electron chi connectivity index (χ0n) is 20.9. The fourth-order valence-corrected chi connectivity index (χ4v) is 3.85. The molecule has 1 aromatic heterocycles. The number of nitrogens with one attached hydrogen (secondary N) is 3. The summed E-state index contributed by atoms with van der Waals surface area (Å²) in [6.07, 6.45) is -0.614. The highest BCUT2D eigenvalue weighted by molar-refractivity contribution is 6.00. The average molecular weight is 532 g/mol. The van der Waals surface area contributed by atoms with Gasteiger partial charge in [0, 0.05) is 31.1 Å². The number of methoxy groups -OCH3 is 1. The maximum absolute atomic E-state index is 13.9. The van der Waals surface area contributed by atoms with Crippen molar-refractivity contribution in [3.8, 4) is 17.2 Å². The summed E-state index contributed by atoms with van der Waals surface area (Å²) in [6, 6.07) is 9.61. The molecule has 2 aliphatic rings. The van der Waals surface area contributed by atoms with Crippen LogP contribution in [-0.4, -0.2) is 43.2 Å². The topological polar surface area (TPSA) is 107 Å². The van der Waals surface area contributed by atoms with E-state index in [9.17, 15) is 18.0 Å². The van der Waals surface area contributed by atoms with Gasteiger partial charge < -0.3 is 30.2 Å². The number of carbonyl (C=O) groups excluding carboxylic acids is 1. The summed E-state index contributed by atoms with van der Waals surface area (Å²) in [5.74, 6) is 0.300. The Bertz CT molecular complexity index is 1290. The quantitative estimate of drug-likeness (QED) is 0.388. The molecule has 1 amide bonds. The van der Waals surface area contributed by atoms with Gasteiger partial charge >= 0.3 is 6.18 Å². The van der Waals surface area contributed by atoms with Gasteiger partial charge in [-0.1, -0.05) is 0 Å². The minimum Gasteiger partial charge on any atom is -0.494 e. The Morgan fingerprint density at radius 3 is 2.50 bits per heavy atom. The monoisotopic (exact) mass is 531 g/mol. The highest BCUT2D eigenvalue weighted by Crippen LogP contribution is 2.37. The van der Waals surface area contributed by atoms with Crippen molar-refractivity contribution >= 4 is 29.0 Å². The van der Waals surface area contributed by atoms with E-state index in [0.29, 0.717) is 42.3 Å². The van der Waals surface area contributed by atoms with Gasteiger partial charge in [0.05, 0.1) is 31.6 Å². The zero-order chi connectivity index (χ0) is 27.1. The molecule has 2 aromatic carbocycles. The Labute approximate surface area is 217 Å². The molecule has 0 atom stereocenters. The molecule has 0 unspecified atom stereocenters. The summed E-state index contributed by atoms with van der Waals surface area (Å²) in [6.45, 7) is 0.912. The van der Waals surface area contributed by atoms with E-state index in [1.165, 1.54) is 26.3 Å². The summed E-state index contributed by atoms with van der Waals surface area (Å²) >= 11 is 0. The molecule has 3 heterocycles. The molecule has 0 fully saturated rings. The number of carbonyl (C=O) groups is 1. The van der Waals surface area contributed by atoms with Gasteiger partial charge in [0.1, 0.15) is 17.1 Å². The zero-order valence-corrected chi connectivity index (χ0v) is 20.9. The molecule has 38 heavy (non-hydrogen) atoms. The molecule has 12 heteroatoms. The maximum Gasteiger partial charge on any atom is 0.421 e. The molecule has 0 saturated heterocycles. The number of aromatic nitrogens is 2. The number of benzene rings is 2. The third kappa shape index (κ3) is 6.55. The summed E-state index contributed by atoms with van der Waals surface area (Å²) < 4.78 is 58.7. The predicted octanol–water partition coefficient (Wildman–Crippen LogP) is 5.68. The van der Waals surface area contributed by atoms with Crippen LogP contribution in [0.4, 0.5) is 36.3 Å². The third-order valence-corrected chi connectivity index (χ3v) is 5.79. The van der Waals surface area contributed by atoms with Crippen LogP contribution < -0.4 is 30.2 Å². The molecule has 0 aliphatic carbocycles. The van der Waals surface area contributed by atoms with Gasteiger partial charge in [-0.05, 0) is 49.9 Å². The number of hydrogen-bond acceptors (Lipinski definition) is 8. The minimum atomic E-state index is -4.75. The molecule has 0 radical (unpaired) electrons. The van der Waals surface area contributed by atoms with Crippen LogP contribution >= 0.6 is 0 Å². The number of ether oxygens (including phenoxy) is 3. The number of fused-ring (bicyclic) bond motifs is 9. The molecule has 0 saturated carbocycles. The Morgan fingerprint density at radius 2 is 1.79 bits per heavy atom. The standard InChI is InChI=1S/C26H28F3N5O4/c1-30-24(35)18-9-8-17-14-20(18)33-23-19(26(27,28)29)15-31-25(34-23)32-16-7-10-21(22(13-16)36-2)38-12-6-4-3-5-11-37-17/h7-10,13-15H,3-6,11-12H2,1-2H3,(H,30,35)(H2,31,32,33,34). The van der Waals surface area contributed by atoms with Crippen LogP contribution in [0.25, 0.3) is 0 Å². The van der Waals surface area contributed by atoms with E-state index in [1.54, 1.807) is 24.3 Å². The number of amides is 1. The first-order valence-electron chi connectivity index (χ1n) is 12.1. The van der Waals surface area contributed by atoms with Crippen LogP contribution in [0.5, 0.6) is 17.2 Å². The molecular formula is C26H28F3N5O4. The molecule has 9 nitrogen and oxygen atoms in total. The molecule has 3 aromatic rings. The first-order valence-corrected chi connectivity index (χ1v) is 12.1. The van der Waals surface area contributed by atoms with Crippen LogP contribution in [0.2, 0.25) is 0 Å². The normalized spacial score (nSPS) is 14.2. The van der Waals surface area contributed by atoms with Crippen molar-refractivity contribution in [2.75, 3.05) is 38.0 Å². The lowest BCUT2D eigenvalue weighted by Crippen LogP contribution is -2.20. The van der Waals surface area contributed by atoms with Crippen molar-refractivity contribution in [3.05, 3.63) is 53.7 Å². The fourth-order valence-electron chi connectivity index (χ4n) is 3.85.